The highest BCUT2D eigenvalue weighted by molar-refractivity contribution is 8.00. The van der Waals surface area contributed by atoms with Crippen LogP contribution < -0.4 is 5.32 Å². The first-order valence-electron chi connectivity index (χ1n) is 6.60. The molecule has 0 spiro atoms. The van der Waals surface area contributed by atoms with Gasteiger partial charge in [-0.15, -0.1) is 11.8 Å². The first-order valence-corrected chi connectivity index (χ1v) is 7.58. The molecule has 7 nitrogen and oxygen atoms in total. The molecule has 8 heteroatoms. The lowest BCUT2D eigenvalue weighted by Crippen LogP contribution is -2.53. The van der Waals surface area contributed by atoms with Crippen LogP contribution in [0.15, 0.2) is 0 Å². The number of thioether (sulfide) groups is 1. The molecule has 0 aromatic rings. The highest BCUT2D eigenvalue weighted by Gasteiger charge is 2.46. The fourth-order valence-corrected chi connectivity index (χ4v) is 3.23. The fraction of sp³-hybridized carbons (Fsp3) is 0.769. The summed E-state index contributed by atoms with van der Waals surface area (Å²) in [4.78, 5) is 35.7. The second kappa shape index (κ2) is 6.13. The minimum Gasteiger partial charge on any atom is -0.480 e. The second-order valence-electron chi connectivity index (χ2n) is 6.23. The number of hydrogen-bond donors (Lipinski definition) is 2. The van der Waals surface area contributed by atoms with Crippen molar-refractivity contribution in [2.45, 2.75) is 51.1 Å². The van der Waals surface area contributed by atoms with Gasteiger partial charge in [0.15, 0.2) is 0 Å². The predicted octanol–water partition coefficient (Wildman–Crippen LogP) is 1.28. The third kappa shape index (κ3) is 4.80. The highest BCUT2D eigenvalue weighted by Crippen LogP contribution is 2.38. The molecule has 0 radical (unpaired) electrons. The van der Waals surface area contributed by atoms with Crippen LogP contribution >= 0.6 is 11.8 Å². The van der Waals surface area contributed by atoms with E-state index in [2.05, 4.69) is 5.32 Å². The number of hydrogen-bond acceptors (Lipinski definition) is 5. The molecule has 1 aliphatic rings. The SMILES string of the molecule is CC(C)(C)OC(=O)NCC(=O)N1C(C(=O)O)CSC1(C)C. The number of nitrogens with one attached hydrogen (secondary N) is 1. The van der Waals surface area contributed by atoms with Gasteiger partial charge in [-0.2, -0.15) is 0 Å². The van der Waals surface area contributed by atoms with E-state index < -0.39 is 34.5 Å². The number of carboxylic acid groups (broad SMARTS) is 1. The second-order valence-corrected chi connectivity index (χ2v) is 7.85. The summed E-state index contributed by atoms with van der Waals surface area (Å²) in [6.45, 7) is 8.43. The molecule has 0 bridgehead atoms. The van der Waals surface area contributed by atoms with Crippen LogP contribution in [0.25, 0.3) is 0 Å². The number of carboxylic acids is 1. The van der Waals surface area contributed by atoms with E-state index in [9.17, 15) is 19.5 Å². The average molecular weight is 318 g/mol. The molecule has 1 rings (SSSR count). The Morgan fingerprint density at radius 3 is 2.43 bits per heavy atom. The maximum atomic E-state index is 12.2. The van der Waals surface area contributed by atoms with E-state index in [4.69, 9.17) is 4.74 Å². The Labute approximate surface area is 128 Å². The van der Waals surface area contributed by atoms with Crippen molar-refractivity contribution in [3.05, 3.63) is 0 Å². The van der Waals surface area contributed by atoms with Gasteiger partial charge >= 0.3 is 12.1 Å². The molecule has 1 aliphatic heterocycles. The van der Waals surface area contributed by atoms with Gasteiger partial charge in [-0.05, 0) is 34.6 Å². The van der Waals surface area contributed by atoms with Crippen LogP contribution in [0.5, 0.6) is 0 Å². The lowest BCUT2D eigenvalue weighted by molar-refractivity contribution is -0.150. The number of rotatable bonds is 3. The van der Waals surface area contributed by atoms with Crippen LogP contribution in [0.4, 0.5) is 4.79 Å². The number of carbonyl (C=O) groups excluding carboxylic acids is 2. The van der Waals surface area contributed by atoms with Gasteiger partial charge in [-0.25, -0.2) is 9.59 Å². The van der Waals surface area contributed by atoms with E-state index in [1.165, 1.54) is 16.7 Å². The first-order chi connectivity index (χ1) is 9.44. The van der Waals surface area contributed by atoms with Crippen LogP contribution in [0.3, 0.4) is 0 Å². The maximum Gasteiger partial charge on any atom is 0.408 e. The van der Waals surface area contributed by atoms with Crippen molar-refractivity contribution in [2.75, 3.05) is 12.3 Å². The summed E-state index contributed by atoms with van der Waals surface area (Å²) < 4.78 is 5.03. The molecule has 0 saturated carbocycles. The molecule has 1 atom stereocenters. The summed E-state index contributed by atoms with van der Waals surface area (Å²) in [5, 5.41) is 11.5. The molecule has 0 aliphatic carbocycles. The Bertz CT molecular complexity index is 444. The summed E-state index contributed by atoms with van der Waals surface area (Å²) in [6.07, 6.45) is -0.701. The van der Waals surface area contributed by atoms with Crippen molar-refractivity contribution < 1.29 is 24.2 Å². The summed E-state index contributed by atoms with van der Waals surface area (Å²) in [7, 11) is 0. The van der Waals surface area contributed by atoms with E-state index >= 15 is 0 Å². The molecule has 120 valence electrons. The van der Waals surface area contributed by atoms with Gasteiger partial charge in [0.25, 0.3) is 0 Å². The molecule has 0 aromatic carbocycles. The molecule has 21 heavy (non-hydrogen) atoms. The summed E-state index contributed by atoms with van der Waals surface area (Å²) >= 11 is 1.40. The van der Waals surface area contributed by atoms with E-state index in [0.29, 0.717) is 5.75 Å². The molecule has 1 fully saturated rings. The van der Waals surface area contributed by atoms with E-state index in [1.54, 1.807) is 34.6 Å². The Balaban J connectivity index is 2.65. The lowest BCUT2D eigenvalue weighted by Gasteiger charge is -2.33. The molecular weight excluding hydrogens is 296 g/mol. The fourth-order valence-electron chi connectivity index (χ4n) is 2.01. The Morgan fingerprint density at radius 2 is 1.95 bits per heavy atom. The lowest BCUT2D eigenvalue weighted by atomic mass is 10.2. The summed E-state index contributed by atoms with van der Waals surface area (Å²) in [5.41, 5.74) is -0.653. The molecule has 2 amide bonds. The first kappa shape index (κ1) is 17.6. The minimum atomic E-state index is -1.04. The van der Waals surface area contributed by atoms with Crippen molar-refractivity contribution in [3.8, 4) is 0 Å². The number of amides is 2. The van der Waals surface area contributed by atoms with Gasteiger partial charge in [0.2, 0.25) is 5.91 Å². The normalized spacial score (nSPS) is 21.0. The van der Waals surface area contributed by atoms with E-state index in [1.807, 2.05) is 0 Å². The van der Waals surface area contributed by atoms with E-state index in [0.717, 1.165) is 0 Å². The molecule has 1 unspecified atom stereocenters. The van der Waals surface area contributed by atoms with E-state index in [-0.39, 0.29) is 6.54 Å². The number of alkyl carbamates (subject to hydrolysis) is 1. The van der Waals surface area contributed by atoms with Crippen molar-refractivity contribution in [1.29, 1.82) is 0 Å². The standard InChI is InChI=1S/C13H22N2O5S/c1-12(2,3)20-11(19)14-6-9(16)15-8(10(17)18)7-21-13(15,4)5/h8H,6-7H2,1-5H3,(H,14,19)(H,17,18). The summed E-state index contributed by atoms with van der Waals surface area (Å²) in [6, 6.07) is -0.877. The maximum absolute atomic E-state index is 12.2. The quantitative estimate of drug-likeness (QED) is 0.813. The largest absolute Gasteiger partial charge is 0.480 e. The Kier molecular flexibility index (Phi) is 5.14. The monoisotopic (exact) mass is 318 g/mol. The number of carbonyl (C=O) groups is 3. The Hall–Kier alpha value is -1.44. The van der Waals surface area contributed by atoms with Gasteiger partial charge in [0, 0.05) is 5.75 Å². The van der Waals surface area contributed by atoms with Crippen LogP contribution in [0, 0.1) is 0 Å². The molecular formula is C13H22N2O5S. The average Bonchev–Trinajstić information content (AvgIpc) is 2.59. The molecule has 2 N–H and O–H groups in total. The van der Waals surface area contributed by atoms with Gasteiger partial charge in [0.1, 0.15) is 18.2 Å². The molecule has 0 aromatic heterocycles. The zero-order valence-electron chi connectivity index (χ0n) is 12.9. The minimum absolute atomic E-state index is 0.289. The zero-order valence-corrected chi connectivity index (χ0v) is 13.7. The third-order valence-electron chi connectivity index (χ3n) is 2.82. The smallest absolute Gasteiger partial charge is 0.408 e. The topological polar surface area (TPSA) is 95.9 Å². The summed E-state index contributed by atoms with van der Waals surface area (Å²) in [5.74, 6) is -1.15. The van der Waals surface area contributed by atoms with Crippen LogP contribution in [-0.2, 0) is 14.3 Å². The highest BCUT2D eigenvalue weighted by atomic mass is 32.2. The molecule has 1 heterocycles. The van der Waals surface area contributed by atoms with Crippen molar-refractivity contribution in [1.82, 2.24) is 10.2 Å². The van der Waals surface area contributed by atoms with Crippen molar-refractivity contribution in [2.24, 2.45) is 0 Å². The molecule has 1 saturated heterocycles. The van der Waals surface area contributed by atoms with Crippen LogP contribution in [-0.4, -0.2) is 56.8 Å². The van der Waals surface area contributed by atoms with Gasteiger partial charge < -0.3 is 20.1 Å². The third-order valence-corrected chi connectivity index (χ3v) is 4.21. The van der Waals surface area contributed by atoms with Crippen molar-refractivity contribution in [3.63, 3.8) is 0 Å². The number of ether oxygens (including phenoxy) is 1. The zero-order chi connectivity index (χ0) is 16.4. The Morgan fingerprint density at radius 1 is 1.38 bits per heavy atom. The van der Waals surface area contributed by atoms with Gasteiger partial charge in [-0.3, -0.25) is 4.79 Å². The number of nitrogens with zero attached hydrogens (tertiary/aromatic N) is 1. The van der Waals surface area contributed by atoms with Crippen LogP contribution in [0.2, 0.25) is 0 Å². The predicted molar refractivity (Wildman–Crippen MR) is 79.0 cm³/mol. The van der Waals surface area contributed by atoms with Gasteiger partial charge in [0.05, 0.1) is 4.87 Å². The van der Waals surface area contributed by atoms with Crippen molar-refractivity contribution >= 4 is 29.7 Å². The number of aliphatic carboxylic acids is 1. The van der Waals surface area contributed by atoms with Gasteiger partial charge in [-0.1, -0.05) is 0 Å². The van der Waals surface area contributed by atoms with Crippen LogP contribution in [0.1, 0.15) is 34.6 Å².